The molecule has 5 heteroatoms. The van der Waals surface area contributed by atoms with E-state index in [2.05, 4.69) is 52.8 Å². The van der Waals surface area contributed by atoms with Crippen LogP contribution in [-0.2, 0) is 23.2 Å². The van der Waals surface area contributed by atoms with E-state index in [1.807, 2.05) is 0 Å². The van der Waals surface area contributed by atoms with Crippen molar-refractivity contribution in [2.75, 3.05) is 0 Å². The van der Waals surface area contributed by atoms with Crippen LogP contribution < -0.4 is 0 Å². The molecule has 0 spiro atoms. The summed E-state index contributed by atoms with van der Waals surface area (Å²) in [5.74, 6) is 2.53. The van der Waals surface area contributed by atoms with Gasteiger partial charge in [-0.3, -0.25) is 4.79 Å². The van der Waals surface area contributed by atoms with Crippen molar-refractivity contribution in [1.82, 2.24) is 15.0 Å². The molecule has 5 fully saturated rings. The Morgan fingerprint density at radius 3 is 2.33 bits per heavy atom. The van der Waals surface area contributed by atoms with Gasteiger partial charge in [-0.15, -0.1) is 5.10 Å². The quantitative estimate of drug-likeness (QED) is 0.365. The lowest BCUT2D eigenvalue weighted by atomic mass is 9.32. The lowest BCUT2D eigenvalue weighted by Crippen LogP contribution is -2.67. The average molecular weight is 576 g/mol. The highest BCUT2D eigenvalue weighted by atomic mass is 16.4. The number of aliphatic carboxylic acids is 1. The van der Waals surface area contributed by atoms with Crippen LogP contribution in [0.5, 0.6) is 0 Å². The first kappa shape index (κ1) is 29.1. The largest absolute Gasteiger partial charge is 0.481 e. The fourth-order valence-corrected chi connectivity index (χ4v) is 13.8. The maximum Gasteiger partial charge on any atom is 0.309 e. The third-order valence-electron chi connectivity index (χ3n) is 15.7. The van der Waals surface area contributed by atoms with Gasteiger partial charge < -0.3 is 5.11 Å². The summed E-state index contributed by atoms with van der Waals surface area (Å²) < 4.78 is 2.35. The number of allylic oxidation sites excluding steroid dienone is 1. The van der Waals surface area contributed by atoms with Crippen molar-refractivity contribution in [2.45, 2.75) is 143 Å². The van der Waals surface area contributed by atoms with Crippen LogP contribution >= 0.6 is 0 Å². The lowest BCUT2D eigenvalue weighted by molar-refractivity contribution is -0.228. The van der Waals surface area contributed by atoms with Crippen LogP contribution in [0.25, 0.3) is 0 Å². The second kappa shape index (κ2) is 9.43. The van der Waals surface area contributed by atoms with Crippen LogP contribution in [0.4, 0.5) is 0 Å². The van der Waals surface area contributed by atoms with Crippen LogP contribution in [0.15, 0.2) is 12.2 Å². The molecular weight excluding hydrogens is 518 g/mol. The van der Waals surface area contributed by atoms with Gasteiger partial charge in [0.25, 0.3) is 0 Å². The Morgan fingerprint density at radius 2 is 1.64 bits per heavy atom. The Morgan fingerprint density at radius 1 is 0.905 bits per heavy atom. The summed E-state index contributed by atoms with van der Waals surface area (Å²) in [6.45, 7) is 20.5. The van der Waals surface area contributed by atoms with Crippen LogP contribution in [0.1, 0.15) is 136 Å². The van der Waals surface area contributed by atoms with Crippen molar-refractivity contribution in [3.8, 4) is 0 Å². The highest BCUT2D eigenvalue weighted by molar-refractivity contribution is 5.76. The highest BCUT2D eigenvalue weighted by Crippen LogP contribution is 2.77. The molecule has 0 amide bonds. The summed E-state index contributed by atoms with van der Waals surface area (Å²) in [6.07, 6.45) is 16.5. The standard InChI is InChI=1S/C37H57N3O2/c1-23(2)25-15-18-37(32(41)42)20-19-35(6)26(30(25)37)13-14-29-34(5)21-27-31(33(3,4)28(34)16-17-36(29,35)7)40(39-38-27)22-24-11-9-8-10-12-24/h24-26,28-30H,1,8-22H2,2-7H3,(H,41,42)/t25-,26+,28-,29+,30+,34-,35+,36+,37-/m0/s1. The molecule has 7 rings (SSSR count). The van der Waals surface area contributed by atoms with Gasteiger partial charge in [0.05, 0.1) is 16.8 Å². The van der Waals surface area contributed by atoms with E-state index in [9.17, 15) is 9.90 Å². The first-order chi connectivity index (χ1) is 19.8. The molecule has 1 aromatic rings. The summed E-state index contributed by atoms with van der Waals surface area (Å²) in [5, 5.41) is 20.5. The van der Waals surface area contributed by atoms with E-state index in [4.69, 9.17) is 10.3 Å². The summed E-state index contributed by atoms with van der Waals surface area (Å²) in [4.78, 5) is 13.0. The van der Waals surface area contributed by atoms with Crippen LogP contribution in [0.3, 0.4) is 0 Å². The van der Waals surface area contributed by atoms with E-state index in [0.29, 0.717) is 23.7 Å². The summed E-state index contributed by atoms with van der Waals surface area (Å²) in [5.41, 5.74) is 4.00. The van der Waals surface area contributed by atoms with Gasteiger partial charge >= 0.3 is 5.97 Å². The molecule has 6 aliphatic rings. The van der Waals surface area contributed by atoms with Gasteiger partial charge in [-0.1, -0.05) is 71.2 Å². The Kier molecular flexibility index (Phi) is 6.53. The molecule has 42 heavy (non-hydrogen) atoms. The second-order valence-corrected chi connectivity index (χ2v) is 17.6. The fourth-order valence-electron chi connectivity index (χ4n) is 13.8. The van der Waals surface area contributed by atoms with Crippen LogP contribution in [-0.4, -0.2) is 26.1 Å². The van der Waals surface area contributed by atoms with Gasteiger partial charge in [0.1, 0.15) is 0 Å². The van der Waals surface area contributed by atoms with E-state index in [1.54, 1.807) is 0 Å². The minimum atomic E-state index is -0.545. The maximum absolute atomic E-state index is 13.0. The molecule has 0 aromatic carbocycles. The molecular formula is C37H57N3O2. The van der Waals surface area contributed by atoms with E-state index < -0.39 is 11.4 Å². The summed E-state index contributed by atoms with van der Waals surface area (Å²) in [6, 6.07) is 0. The number of aromatic nitrogens is 3. The molecule has 232 valence electrons. The number of hydrogen-bond donors (Lipinski definition) is 1. The van der Waals surface area contributed by atoms with Gasteiger partial charge in [0.2, 0.25) is 0 Å². The van der Waals surface area contributed by atoms with Gasteiger partial charge in [-0.2, -0.15) is 0 Å². The van der Waals surface area contributed by atoms with Crippen molar-refractivity contribution in [1.29, 1.82) is 0 Å². The Bertz CT molecular complexity index is 1280. The van der Waals surface area contributed by atoms with Crippen molar-refractivity contribution >= 4 is 5.97 Å². The second-order valence-electron chi connectivity index (χ2n) is 17.6. The van der Waals surface area contributed by atoms with E-state index >= 15 is 0 Å². The number of fused-ring (bicyclic) bond motifs is 8. The molecule has 1 N–H and O–H groups in total. The molecule has 0 unspecified atom stereocenters. The first-order valence-electron chi connectivity index (χ1n) is 17.6. The molecule has 0 bridgehead atoms. The zero-order valence-electron chi connectivity index (χ0n) is 27.5. The minimum Gasteiger partial charge on any atom is -0.481 e. The predicted octanol–water partition coefficient (Wildman–Crippen LogP) is 8.61. The lowest BCUT2D eigenvalue weighted by Gasteiger charge is -2.72. The number of rotatable bonds is 4. The number of carbonyl (C=O) groups is 1. The van der Waals surface area contributed by atoms with Gasteiger partial charge in [-0.25, -0.2) is 4.68 Å². The Hall–Kier alpha value is -1.65. The highest BCUT2D eigenvalue weighted by Gasteiger charge is 2.72. The first-order valence-corrected chi connectivity index (χ1v) is 17.6. The zero-order chi connectivity index (χ0) is 29.9. The predicted molar refractivity (Wildman–Crippen MR) is 167 cm³/mol. The topological polar surface area (TPSA) is 68.0 Å². The molecule has 5 nitrogen and oxygen atoms in total. The minimum absolute atomic E-state index is 0.0567. The van der Waals surface area contributed by atoms with Gasteiger partial charge in [0.15, 0.2) is 0 Å². The molecule has 5 saturated carbocycles. The number of carboxylic acids is 1. The fraction of sp³-hybridized carbons (Fsp3) is 0.865. The van der Waals surface area contributed by atoms with E-state index in [1.165, 1.54) is 74.7 Å². The van der Waals surface area contributed by atoms with E-state index in [0.717, 1.165) is 44.6 Å². The molecule has 0 aliphatic heterocycles. The summed E-state index contributed by atoms with van der Waals surface area (Å²) in [7, 11) is 0. The average Bonchev–Trinajstić information content (AvgIpc) is 3.52. The monoisotopic (exact) mass is 575 g/mol. The van der Waals surface area contributed by atoms with Gasteiger partial charge in [-0.05, 0) is 129 Å². The number of hydrogen-bond acceptors (Lipinski definition) is 3. The van der Waals surface area contributed by atoms with Crippen LogP contribution in [0, 0.1) is 57.2 Å². The maximum atomic E-state index is 13.0. The molecule has 1 heterocycles. The molecule has 0 radical (unpaired) electrons. The van der Waals surface area contributed by atoms with Crippen molar-refractivity contribution in [2.24, 2.45) is 57.2 Å². The zero-order valence-corrected chi connectivity index (χ0v) is 27.5. The molecule has 9 atom stereocenters. The van der Waals surface area contributed by atoms with Crippen molar-refractivity contribution in [3.63, 3.8) is 0 Å². The molecule has 6 aliphatic carbocycles. The smallest absolute Gasteiger partial charge is 0.309 e. The van der Waals surface area contributed by atoms with E-state index in [-0.39, 0.29) is 27.6 Å². The normalized spacial score (nSPS) is 46.1. The molecule has 0 saturated heterocycles. The SMILES string of the molecule is C=C(C)[C@@H]1CC[C@]2(C(=O)O)CC[C@]3(C)[C@H](CC[C@@H]4[C@@]5(C)Cc6nnn(CC7CCCCC7)c6C(C)(C)[C@@H]5CC[C@]43C)[C@@H]12. The van der Waals surface area contributed by atoms with Crippen molar-refractivity contribution in [3.05, 3.63) is 23.5 Å². The Balaban J connectivity index is 1.24. The Labute approximate surface area is 254 Å². The number of carboxylic acid groups (broad SMARTS) is 1. The van der Waals surface area contributed by atoms with Crippen LogP contribution in [0.2, 0.25) is 0 Å². The molecule has 1 aromatic heterocycles. The summed E-state index contributed by atoms with van der Waals surface area (Å²) >= 11 is 0. The third kappa shape index (κ3) is 3.63. The number of nitrogens with zero attached hydrogens (tertiary/aromatic N) is 3. The van der Waals surface area contributed by atoms with Crippen molar-refractivity contribution < 1.29 is 9.90 Å². The van der Waals surface area contributed by atoms with Gasteiger partial charge in [0, 0.05) is 12.0 Å². The third-order valence-corrected chi connectivity index (χ3v) is 15.7.